The number of rotatable bonds is 7. The molecule has 1 heterocycles. The van der Waals surface area contributed by atoms with E-state index >= 15 is 0 Å². The van der Waals surface area contributed by atoms with E-state index in [0.717, 1.165) is 15.6 Å². The van der Waals surface area contributed by atoms with Crippen molar-refractivity contribution in [2.24, 2.45) is 0 Å². The maximum Gasteiger partial charge on any atom is 0.321 e. The van der Waals surface area contributed by atoms with Gasteiger partial charge in [-0.2, -0.15) is 4.31 Å². The second-order valence-electron chi connectivity index (χ2n) is 3.83. The molecule has 0 aliphatic rings. The molecule has 0 saturated heterocycles. The van der Waals surface area contributed by atoms with Crippen LogP contribution in [0.3, 0.4) is 0 Å². The lowest BCUT2D eigenvalue weighted by atomic mass is 10.5. The molecule has 0 bridgehead atoms. The summed E-state index contributed by atoms with van der Waals surface area (Å²) >= 11 is 10.1. The van der Waals surface area contributed by atoms with E-state index in [1.807, 2.05) is 6.92 Å². The third kappa shape index (κ3) is 4.42. The third-order valence-electron chi connectivity index (χ3n) is 2.30. The van der Waals surface area contributed by atoms with Gasteiger partial charge in [0.05, 0.1) is 15.4 Å². The van der Waals surface area contributed by atoms with E-state index in [9.17, 15) is 13.2 Å². The first-order chi connectivity index (χ1) is 9.32. The summed E-state index contributed by atoms with van der Waals surface area (Å²) in [7, 11) is -3.74. The molecule has 9 heteroatoms. The summed E-state index contributed by atoms with van der Waals surface area (Å²) in [6.45, 7) is 3.68. The Morgan fingerprint density at radius 3 is 2.60 bits per heavy atom. The Morgan fingerprint density at radius 1 is 1.50 bits per heavy atom. The maximum atomic E-state index is 12.5. The number of halogens is 2. The second-order valence-corrected chi connectivity index (χ2v) is 8.77. The SMILES string of the molecule is CCCN(CC(=O)OCC)S(=O)(=O)c1cc(Cl)c(Br)s1. The quantitative estimate of drug-likeness (QED) is 0.655. The van der Waals surface area contributed by atoms with E-state index in [0.29, 0.717) is 15.2 Å². The summed E-state index contributed by atoms with van der Waals surface area (Å²) in [5, 5.41) is 0.334. The van der Waals surface area contributed by atoms with Gasteiger partial charge in [0.2, 0.25) is 0 Å². The van der Waals surface area contributed by atoms with Gasteiger partial charge in [-0.15, -0.1) is 11.3 Å². The lowest BCUT2D eigenvalue weighted by molar-refractivity contribution is -0.143. The molecule has 0 amide bonds. The highest BCUT2D eigenvalue weighted by atomic mass is 79.9. The molecule has 1 aromatic heterocycles. The van der Waals surface area contributed by atoms with Crippen LogP contribution in [-0.4, -0.2) is 38.4 Å². The maximum absolute atomic E-state index is 12.5. The molecule has 0 radical (unpaired) electrons. The van der Waals surface area contributed by atoms with Crippen LogP contribution in [0.1, 0.15) is 20.3 Å². The zero-order valence-electron chi connectivity index (χ0n) is 11.1. The Morgan fingerprint density at radius 2 is 2.15 bits per heavy atom. The highest BCUT2D eigenvalue weighted by Gasteiger charge is 2.28. The zero-order chi connectivity index (χ0) is 15.3. The van der Waals surface area contributed by atoms with Gasteiger partial charge in [-0.1, -0.05) is 18.5 Å². The van der Waals surface area contributed by atoms with Crippen molar-refractivity contribution in [2.75, 3.05) is 19.7 Å². The number of sulfonamides is 1. The molecular weight excluding hydrogens is 390 g/mol. The predicted molar refractivity (Wildman–Crippen MR) is 82.7 cm³/mol. The summed E-state index contributed by atoms with van der Waals surface area (Å²) in [6, 6.07) is 1.37. The highest BCUT2D eigenvalue weighted by Crippen LogP contribution is 2.35. The van der Waals surface area contributed by atoms with Gasteiger partial charge in [-0.3, -0.25) is 4.79 Å². The number of esters is 1. The van der Waals surface area contributed by atoms with Crippen molar-refractivity contribution in [2.45, 2.75) is 24.5 Å². The molecule has 20 heavy (non-hydrogen) atoms. The molecule has 114 valence electrons. The molecule has 0 atom stereocenters. The molecule has 0 aliphatic heterocycles. The Balaban J connectivity index is 3.02. The topological polar surface area (TPSA) is 63.7 Å². The van der Waals surface area contributed by atoms with Crippen LogP contribution in [0.25, 0.3) is 0 Å². The average Bonchev–Trinajstić information content (AvgIpc) is 2.70. The minimum atomic E-state index is -3.74. The summed E-state index contributed by atoms with van der Waals surface area (Å²) < 4.78 is 31.5. The summed E-state index contributed by atoms with van der Waals surface area (Å²) in [6.07, 6.45) is 0.596. The van der Waals surface area contributed by atoms with Crippen LogP contribution in [0.4, 0.5) is 0 Å². The number of carbonyl (C=O) groups is 1. The van der Waals surface area contributed by atoms with Crippen molar-refractivity contribution in [3.8, 4) is 0 Å². The van der Waals surface area contributed by atoms with Crippen LogP contribution in [0.2, 0.25) is 5.02 Å². The van der Waals surface area contributed by atoms with Crippen LogP contribution in [-0.2, 0) is 19.6 Å². The van der Waals surface area contributed by atoms with Gasteiger partial charge in [-0.25, -0.2) is 8.42 Å². The molecule has 1 aromatic rings. The first kappa shape index (κ1) is 17.9. The highest BCUT2D eigenvalue weighted by molar-refractivity contribution is 9.11. The third-order valence-corrected chi connectivity index (χ3v) is 7.07. The van der Waals surface area contributed by atoms with E-state index in [1.165, 1.54) is 6.07 Å². The number of thiophene rings is 1. The number of carbonyl (C=O) groups excluding carboxylic acids is 1. The van der Waals surface area contributed by atoms with Crippen molar-refractivity contribution in [3.05, 3.63) is 14.9 Å². The van der Waals surface area contributed by atoms with E-state index in [-0.39, 0.29) is 23.9 Å². The summed E-state index contributed by atoms with van der Waals surface area (Å²) in [5.41, 5.74) is 0. The minimum Gasteiger partial charge on any atom is -0.465 e. The number of ether oxygens (including phenoxy) is 1. The number of nitrogens with zero attached hydrogens (tertiary/aromatic N) is 1. The van der Waals surface area contributed by atoms with Gasteiger partial charge >= 0.3 is 5.97 Å². The van der Waals surface area contributed by atoms with Crippen LogP contribution < -0.4 is 0 Å². The first-order valence-electron chi connectivity index (χ1n) is 5.93. The van der Waals surface area contributed by atoms with Crippen LogP contribution >= 0.6 is 38.9 Å². The molecule has 0 fully saturated rings. The molecule has 0 saturated carbocycles. The fourth-order valence-corrected chi connectivity index (χ4v) is 5.50. The largest absolute Gasteiger partial charge is 0.465 e. The normalized spacial score (nSPS) is 11.8. The van der Waals surface area contributed by atoms with E-state index in [2.05, 4.69) is 15.9 Å². The van der Waals surface area contributed by atoms with Gasteiger partial charge in [-0.05, 0) is 35.3 Å². The van der Waals surface area contributed by atoms with Gasteiger partial charge in [0.1, 0.15) is 10.8 Å². The fraction of sp³-hybridized carbons (Fsp3) is 0.545. The first-order valence-corrected chi connectivity index (χ1v) is 9.36. The number of hydrogen-bond donors (Lipinski definition) is 0. The van der Waals surface area contributed by atoms with Crippen molar-refractivity contribution in [3.63, 3.8) is 0 Å². The Hall–Kier alpha value is -0.150. The molecule has 0 unspecified atom stereocenters. The molecule has 0 N–H and O–H groups in total. The standard InChI is InChI=1S/C11H15BrClNO4S2/c1-3-5-14(7-9(15)18-4-2)20(16,17)10-6-8(13)11(12)19-10/h6H,3-5,7H2,1-2H3. The summed E-state index contributed by atoms with van der Waals surface area (Å²) in [5.74, 6) is -0.564. The van der Waals surface area contributed by atoms with E-state index in [4.69, 9.17) is 16.3 Å². The van der Waals surface area contributed by atoms with Gasteiger partial charge in [0.25, 0.3) is 10.0 Å². The Kier molecular flexibility index (Phi) is 6.93. The predicted octanol–water partition coefficient (Wildman–Crippen LogP) is 3.13. The molecule has 0 aliphatic carbocycles. The van der Waals surface area contributed by atoms with Crippen molar-refractivity contribution < 1.29 is 17.9 Å². The smallest absolute Gasteiger partial charge is 0.321 e. The van der Waals surface area contributed by atoms with Crippen LogP contribution in [0.5, 0.6) is 0 Å². The zero-order valence-corrected chi connectivity index (χ0v) is 15.0. The summed E-state index contributed by atoms with van der Waals surface area (Å²) in [4.78, 5) is 11.5. The van der Waals surface area contributed by atoms with Gasteiger partial charge in [0.15, 0.2) is 0 Å². The Labute approximate surface area is 136 Å². The Bertz CT molecular complexity index is 553. The minimum absolute atomic E-state index is 0.104. The van der Waals surface area contributed by atoms with Crippen LogP contribution in [0, 0.1) is 0 Å². The molecular formula is C11H15BrClNO4S2. The molecule has 0 spiro atoms. The molecule has 0 aromatic carbocycles. The van der Waals surface area contributed by atoms with Gasteiger partial charge < -0.3 is 4.74 Å². The fourth-order valence-electron chi connectivity index (χ4n) is 1.47. The average molecular weight is 405 g/mol. The monoisotopic (exact) mass is 403 g/mol. The van der Waals surface area contributed by atoms with Crippen molar-refractivity contribution in [1.29, 1.82) is 0 Å². The van der Waals surface area contributed by atoms with Crippen molar-refractivity contribution in [1.82, 2.24) is 4.31 Å². The van der Waals surface area contributed by atoms with E-state index < -0.39 is 16.0 Å². The molecule has 5 nitrogen and oxygen atoms in total. The van der Waals surface area contributed by atoms with Crippen molar-refractivity contribution >= 4 is 54.9 Å². The number of hydrogen-bond acceptors (Lipinski definition) is 5. The molecule has 1 rings (SSSR count). The lowest BCUT2D eigenvalue weighted by Crippen LogP contribution is -2.36. The van der Waals surface area contributed by atoms with Crippen LogP contribution in [0.15, 0.2) is 14.1 Å². The second kappa shape index (κ2) is 7.74. The van der Waals surface area contributed by atoms with E-state index in [1.54, 1.807) is 6.92 Å². The van der Waals surface area contributed by atoms with Gasteiger partial charge in [0, 0.05) is 6.54 Å². The lowest BCUT2D eigenvalue weighted by Gasteiger charge is -2.19.